The van der Waals surface area contributed by atoms with Crippen molar-refractivity contribution in [2.24, 2.45) is 0 Å². The van der Waals surface area contributed by atoms with Crippen LogP contribution in [-0.4, -0.2) is 25.1 Å². The van der Waals surface area contributed by atoms with Crippen LogP contribution in [0.5, 0.6) is 6.01 Å². The van der Waals surface area contributed by atoms with Crippen molar-refractivity contribution in [1.29, 1.82) is 0 Å². The van der Waals surface area contributed by atoms with Gasteiger partial charge in [-0.3, -0.25) is 5.10 Å². The van der Waals surface area contributed by atoms with Crippen LogP contribution in [0.4, 0.5) is 11.8 Å². The van der Waals surface area contributed by atoms with Crippen molar-refractivity contribution in [2.75, 3.05) is 5.32 Å². The maximum Gasteiger partial charge on any atom is 0.321 e. The first-order valence-electron chi connectivity index (χ1n) is 7.87. The van der Waals surface area contributed by atoms with Gasteiger partial charge in [-0.05, 0) is 24.6 Å². The number of ether oxygens (including phenoxy) is 1. The van der Waals surface area contributed by atoms with Crippen molar-refractivity contribution >= 4 is 22.7 Å². The molecule has 0 fully saturated rings. The van der Waals surface area contributed by atoms with Gasteiger partial charge in [-0.1, -0.05) is 42.5 Å². The molecule has 7 heteroatoms. The van der Waals surface area contributed by atoms with E-state index in [9.17, 15) is 0 Å². The number of aromatic amines is 1. The fourth-order valence-electron chi connectivity index (χ4n) is 2.46. The first kappa shape index (κ1) is 15.1. The van der Waals surface area contributed by atoms with Gasteiger partial charge in [-0.2, -0.15) is 20.1 Å². The summed E-state index contributed by atoms with van der Waals surface area (Å²) in [6, 6.07) is 18.0. The highest BCUT2D eigenvalue weighted by atomic mass is 16.5. The molecule has 7 nitrogen and oxygen atoms in total. The van der Waals surface area contributed by atoms with Crippen LogP contribution in [0.3, 0.4) is 0 Å². The molecule has 0 saturated carbocycles. The van der Waals surface area contributed by atoms with Crippen LogP contribution in [0.1, 0.15) is 11.4 Å². The van der Waals surface area contributed by atoms with Gasteiger partial charge in [0.1, 0.15) is 12.4 Å². The fraction of sp³-hybridized carbons (Fsp3) is 0.111. The van der Waals surface area contributed by atoms with Gasteiger partial charge < -0.3 is 10.1 Å². The molecule has 4 aromatic rings. The van der Waals surface area contributed by atoms with Crippen molar-refractivity contribution in [2.45, 2.75) is 13.5 Å². The van der Waals surface area contributed by atoms with E-state index in [1.165, 1.54) is 0 Å². The van der Waals surface area contributed by atoms with Gasteiger partial charge in [0.25, 0.3) is 0 Å². The molecule has 0 aliphatic heterocycles. The molecule has 2 N–H and O–H groups in total. The van der Waals surface area contributed by atoms with Gasteiger partial charge >= 0.3 is 6.01 Å². The molecule has 0 bridgehead atoms. The third kappa shape index (κ3) is 3.40. The summed E-state index contributed by atoms with van der Waals surface area (Å²) in [5, 5.41) is 11.3. The number of para-hydroxylation sites is 1. The molecule has 0 amide bonds. The molecule has 0 spiro atoms. The average Bonchev–Trinajstić information content (AvgIpc) is 3.04. The largest absolute Gasteiger partial charge is 0.458 e. The van der Waals surface area contributed by atoms with E-state index in [1.54, 1.807) is 6.92 Å². The molecule has 0 radical (unpaired) electrons. The molecule has 0 unspecified atom stereocenters. The molecule has 0 saturated heterocycles. The van der Waals surface area contributed by atoms with E-state index in [1.807, 2.05) is 54.6 Å². The number of aromatic nitrogens is 5. The summed E-state index contributed by atoms with van der Waals surface area (Å²) in [5.41, 5.74) is 1.99. The maximum absolute atomic E-state index is 5.69. The Labute approximate surface area is 144 Å². The van der Waals surface area contributed by atoms with Crippen molar-refractivity contribution in [1.82, 2.24) is 25.1 Å². The summed E-state index contributed by atoms with van der Waals surface area (Å²) in [4.78, 5) is 12.9. The zero-order valence-corrected chi connectivity index (χ0v) is 13.6. The molecule has 0 aliphatic carbocycles. The topological polar surface area (TPSA) is 88.6 Å². The Morgan fingerprint density at radius 2 is 1.76 bits per heavy atom. The van der Waals surface area contributed by atoms with Gasteiger partial charge in [0.05, 0.1) is 5.52 Å². The third-order valence-electron chi connectivity index (χ3n) is 3.64. The summed E-state index contributed by atoms with van der Waals surface area (Å²) < 4.78 is 5.69. The Bertz CT molecular complexity index is 999. The van der Waals surface area contributed by atoms with E-state index in [4.69, 9.17) is 4.74 Å². The fourth-order valence-corrected chi connectivity index (χ4v) is 2.46. The predicted molar refractivity (Wildman–Crippen MR) is 94.7 cm³/mol. The second-order valence-electron chi connectivity index (χ2n) is 5.51. The lowest BCUT2D eigenvalue weighted by Crippen LogP contribution is -2.06. The molecule has 124 valence electrons. The summed E-state index contributed by atoms with van der Waals surface area (Å²) in [6.45, 7) is 2.19. The molecule has 0 aliphatic rings. The van der Waals surface area contributed by atoms with Crippen LogP contribution in [0.2, 0.25) is 0 Å². The Balaban J connectivity index is 1.55. The smallest absolute Gasteiger partial charge is 0.321 e. The van der Waals surface area contributed by atoms with E-state index < -0.39 is 0 Å². The van der Waals surface area contributed by atoms with E-state index >= 15 is 0 Å². The number of anilines is 2. The minimum Gasteiger partial charge on any atom is -0.458 e. The Kier molecular flexibility index (Phi) is 3.96. The van der Waals surface area contributed by atoms with E-state index in [0.29, 0.717) is 24.2 Å². The lowest BCUT2D eigenvalue weighted by atomic mass is 10.2. The number of H-pyrrole nitrogens is 1. The minimum atomic E-state index is 0.277. The number of hydrogen-bond donors (Lipinski definition) is 2. The van der Waals surface area contributed by atoms with Gasteiger partial charge in [0.15, 0.2) is 5.82 Å². The number of rotatable bonds is 5. The lowest BCUT2D eigenvalue weighted by Gasteiger charge is -2.07. The summed E-state index contributed by atoms with van der Waals surface area (Å²) >= 11 is 0. The number of nitrogens with one attached hydrogen (secondary N) is 2. The Morgan fingerprint density at radius 1 is 0.960 bits per heavy atom. The van der Waals surface area contributed by atoms with Gasteiger partial charge in [-0.15, -0.1) is 0 Å². The maximum atomic E-state index is 5.69. The summed E-state index contributed by atoms with van der Waals surface area (Å²) in [5.74, 6) is 1.63. The molecular weight excluding hydrogens is 316 g/mol. The summed E-state index contributed by atoms with van der Waals surface area (Å²) in [6.07, 6.45) is 0. The first-order valence-corrected chi connectivity index (χ1v) is 7.87. The van der Waals surface area contributed by atoms with Crippen molar-refractivity contribution in [3.63, 3.8) is 0 Å². The van der Waals surface area contributed by atoms with Crippen LogP contribution in [0.15, 0.2) is 54.6 Å². The standard InChI is InChI=1S/C18H16N6O/c1-12-19-17(21-16-14-9-5-6-10-15(14)23-24-16)22-18(20-12)25-11-13-7-3-2-4-8-13/h2-10H,11H2,1H3,(H2,19,20,21,22,23,24). The van der Waals surface area contributed by atoms with Crippen molar-refractivity contribution in [3.05, 3.63) is 66.0 Å². The normalized spacial score (nSPS) is 10.8. The Morgan fingerprint density at radius 3 is 2.64 bits per heavy atom. The SMILES string of the molecule is Cc1nc(Nc2n[nH]c3ccccc23)nc(OCc2ccccc2)n1. The minimum absolute atomic E-state index is 0.277. The molecule has 2 heterocycles. The van der Waals surface area contributed by atoms with E-state index in [2.05, 4.69) is 30.5 Å². The molecule has 4 rings (SSSR count). The molecule has 25 heavy (non-hydrogen) atoms. The average molecular weight is 332 g/mol. The molecule has 2 aromatic carbocycles. The summed E-state index contributed by atoms with van der Waals surface area (Å²) in [7, 11) is 0. The quantitative estimate of drug-likeness (QED) is 0.582. The predicted octanol–water partition coefficient (Wildman–Crippen LogP) is 3.38. The number of hydrogen-bond acceptors (Lipinski definition) is 6. The lowest BCUT2D eigenvalue weighted by molar-refractivity contribution is 0.279. The van der Waals surface area contributed by atoms with Crippen LogP contribution < -0.4 is 10.1 Å². The second kappa shape index (κ2) is 6.56. The van der Waals surface area contributed by atoms with Crippen LogP contribution >= 0.6 is 0 Å². The van der Waals surface area contributed by atoms with Gasteiger partial charge in [0, 0.05) is 5.39 Å². The highest BCUT2D eigenvalue weighted by Crippen LogP contribution is 2.22. The van der Waals surface area contributed by atoms with Crippen LogP contribution in [0, 0.1) is 6.92 Å². The zero-order chi connectivity index (χ0) is 17.1. The monoisotopic (exact) mass is 332 g/mol. The zero-order valence-electron chi connectivity index (χ0n) is 13.6. The third-order valence-corrected chi connectivity index (χ3v) is 3.64. The van der Waals surface area contributed by atoms with Crippen molar-refractivity contribution < 1.29 is 4.74 Å². The number of nitrogens with zero attached hydrogens (tertiary/aromatic N) is 4. The molecular formula is C18H16N6O. The van der Waals surface area contributed by atoms with Crippen LogP contribution in [0.25, 0.3) is 10.9 Å². The first-order chi connectivity index (χ1) is 12.3. The van der Waals surface area contributed by atoms with Crippen molar-refractivity contribution in [3.8, 4) is 6.01 Å². The highest BCUT2D eigenvalue weighted by molar-refractivity contribution is 5.90. The van der Waals surface area contributed by atoms with Crippen LogP contribution in [-0.2, 0) is 6.61 Å². The number of fused-ring (bicyclic) bond motifs is 1. The molecule has 2 aromatic heterocycles. The van der Waals surface area contributed by atoms with Gasteiger partial charge in [-0.25, -0.2) is 0 Å². The van der Waals surface area contributed by atoms with E-state index in [0.717, 1.165) is 16.5 Å². The van der Waals surface area contributed by atoms with Gasteiger partial charge in [0.2, 0.25) is 5.95 Å². The Hall–Kier alpha value is -3.48. The van der Waals surface area contributed by atoms with E-state index in [-0.39, 0.29) is 6.01 Å². The highest BCUT2D eigenvalue weighted by Gasteiger charge is 2.10. The second-order valence-corrected chi connectivity index (χ2v) is 5.51. The molecule has 0 atom stereocenters. The number of aryl methyl sites for hydroxylation is 1. The number of benzene rings is 2.